The predicted octanol–water partition coefficient (Wildman–Crippen LogP) is -0.241. The fourth-order valence-electron chi connectivity index (χ4n) is 2.13. The Labute approximate surface area is 210 Å². The SMILES string of the molecule is CC(C)(C)[SiH]1O[SiH2]O[SiH2]O[SiH2]O[SiH2]O[SiH2]O1.ClC1C(Cl)C(Cl)C(Cl)C(Cl)C1Cl. The van der Waals surface area contributed by atoms with Crippen LogP contribution in [0.25, 0.3) is 0 Å². The molecule has 1 saturated carbocycles. The third-order valence-electron chi connectivity index (χ3n) is 3.64. The summed E-state index contributed by atoms with van der Waals surface area (Å²) in [5, 5.41) is -2.53. The van der Waals surface area contributed by atoms with Gasteiger partial charge in [-0.1, -0.05) is 20.8 Å². The van der Waals surface area contributed by atoms with Crippen molar-refractivity contribution in [2.75, 3.05) is 0 Å². The fourth-order valence-corrected chi connectivity index (χ4v) is 18.9. The van der Waals surface area contributed by atoms with E-state index in [4.69, 9.17) is 94.3 Å². The van der Waals surface area contributed by atoms with Gasteiger partial charge in [0.2, 0.25) is 0 Å². The van der Waals surface area contributed by atoms with Gasteiger partial charge >= 0.3 is 9.28 Å². The van der Waals surface area contributed by atoms with Gasteiger partial charge in [0, 0.05) is 5.04 Å². The van der Waals surface area contributed by atoms with E-state index >= 15 is 0 Å². The zero-order valence-corrected chi connectivity index (χ0v) is 28.6. The molecule has 1 heterocycles. The molecule has 0 aromatic rings. The highest BCUT2D eigenvalue weighted by Gasteiger charge is 2.46. The van der Waals surface area contributed by atoms with Crippen LogP contribution >= 0.6 is 69.6 Å². The second-order valence-corrected chi connectivity index (χ2v) is 22.9. The van der Waals surface area contributed by atoms with Crippen LogP contribution in [0.3, 0.4) is 0 Å². The maximum Gasteiger partial charge on any atom is 0.308 e. The molecule has 28 heavy (non-hydrogen) atoms. The molecule has 0 atom stereocenters. The molecular formula is C10H26Cl6O6Si6. The van der Waals surface area contributed by atoms with E-state index < -0.39 is 91.6 Å². The Morgan fingerprint density at radius 2 is 0.786 bits per heavy atom. The molecule has 0 spiro atoms. The van der Waals surface area contributed by atoms with E-state index in [1.807, 2.05) is 0 Å². The number of rotatable bonds is 0. The van der Waals surface area contributed by atoms with Gasteiger partial charge in [-0.25, -0.2) is 0 Å². The summed E-state index contributed by atoms with van der Waals surface area (Å²) in [6.07, 6.45) is 0. The molecule has 0 unspecified atom stereocenters. The molecule has 1 aliphatic carbocycles. The van der Waals surface area contributed by atoms with E-state index in [0.29, 0.717) is 0 Å². The molecule has 0 amide bonds. The first kappa shape index (κ1) is 28.8. The minimum atomic E-state index is -1.65. The van der Waals surface area contributed by atoms with E-state index in [9.17, 15) is 0 Å². The van der Waals surface area contributed by atoms with Crippen molar-refractivity contribution in [2.45, 2.75) is 58.1 Å². The molecule has 0 N–H and O–H groups in total. The van der Waals surface area contributed by atoms with E-state index in [2.05, 4.69) is 20.8 Å². The van der Waals surface area contributed by atoms with Crippen LogP contribution in [0, 0.1) is 0 Å². The van der Waals surface area contributed by atoms with Gasteiger partial charge in [0.1, 0.15) is 0 Å². The molecule has 1 aliphatic heterocycles. The summed E-state index contributed by atoms with van der Waals surface area (Å²) in [5.74, 6) is 0. The topological polar surface area (TPSA) is 55.4 Å². The standard InChI is InChI=1S/C6H6Cl6.C4H20O6Si6/c7-1-2(8)4(10)6(12)5(11)3(1)9;1-4(2,3)16-9-14-7-12-5-11-6-13-8-15-10-16/h1-6H;16H,11-15H2,1-3H3. The van der Waals surface area contributed by atoms with Gasteiger partial charge in [-0.15, -0.1) is 69.6 Å². The van der Waals surface area contributed by atoms with Crippen LogP contribution in [0.5, 0.6) is 0 Å². The number of hydrogen-bond donors (Lipinski definition) is 0. The first-order chi connectivity index (χ1) is 13.1. The van der Waals surface area contributed by atoms with Crippen LogP contribution in [-0.4, -0.2) is 91.6 Å². The molecular weight excluding hydrogens is 597 g/mol. The Kier molecular flexibility index (Phi) is 15.3. The maximum absolute atomic E-state index is 5.88. The minimum absolute atomic E-state index is 0.0937. The van der Waals surface area contributed by atoms with Crippen LogP contribution in [-0.2, 0) is 24.7 Å². The van der Waals surface area contributed by atoms with Crippen LogP contribution < -0.4 is 0 Å². The van der Waals surface area contributed by atoms with Crippen molar-refractivity contribution < 1.29 is 24.7 Å². The molecule has 2 fully saturated rings. The first-order valence-corrected chi connectivity index (χ1v) is 18.4. The summed E-state index contributed by atoms with van der Waals surface area (Å²) >= 11 is 35.3. The summed E-state index contributed by atoms with van der Waals surface area (Å²) in [4.78, 5) is 0. The highest BCUT2D eigenvalue weighted by atomic mass is 35.5. The minimum Gasteiger partial charge on any atom is -0.425 e. The Bertz CT molecular complexity index is 374. The normalized spacial score (nSPS) is 43.4. The Morgan fingerprint density at radius 3 is 1.04 bits per heavy atom. The number of hydrogen-bond acceptors (Lipinski definition) is 6. The van der Waals surface area contributed by atoms with Crippen molar-refractivity contribution in [3.63, 3.8) is 0 Å². The average Bonchev–Trinajstić information content (AvgIpc) is 2.63. The average molecular weight is 624 g/mol. The summed E-state index contributed by atoms with van der Waals surface area (Å²) in [5.41, 5.74) is 0. The Hall–Kier alpha value is 2.80. The van der Waals surface area contributed by atoms with E-state index in [1.165, 1.54) is 0 Å². The molecule has 0 aromatic heterocycles. The first-order valence-electron chi connectivity index (χ1n) is 8.46. The highest BCUT2D eigenvalue weighted by molar-refractivity contribution is 6.61. The second-order valence-electron chi connectivity index (χ2n) is 7.10. The van der Waals surface area contributed by atoms with Crippen molar-refractivity contribution in [1.82, 2.24) is 0 Å². The highest BCUT2D eigenvalue weighted by Crippen LogP contribution is 2.39. The zero-order chi connectivity index (χ0) is 21.3. The summed E-state index contributed by atoms with van der Waals surface area (Å²) in [6.45, 7) is 6.44. The number of halogens is 6. The van der Waals surface area contributed by atoms with Gasteiger partial charge < -0.3 is 24.7 Å². The van der Waals surface area contributed by atoms with Gasteiger partial charge in [-0.05, 0) is 0 Å². The lowest BCUT2D eigenvalue weighted by molar-refractivity contribution is 0.317. The molecule has 6 nitrogen and oxygen atoms in total. The molecule has 168 valence electrons. The van der Waals surface area contributed by atoms with Crippen LogP contribution in [0.2, 0.25) is 5.04 Å². The number of alkyl halides is 6. The van der Waals surface area contributed by atoms with Gasteiger partial charge in [0.05, 0.1) is 32.3 Å². The predicted molar refractivity (Wildman–Crippen MR) is 134 cm³/mol. The zero-order valence-electron chi connectivity index (χ0n) is 15.8. The van der Waals surface area contributed by atoms with Gasteiger partial charge in [-0.3, -0.25) is 0 Å². The molecule has 2 rings (SSSR count). The molecule has 1 saturated heterocycles. The Balaban J connectivity index is 0.000000292. The Morgan fingerprint density at radius 1 is 0.536 bits per heavy atom. The monoisotopic (exact) mass is 620 g/mol. The lowest BCUT2D eigenvalue weighted by Crippen LogP contribution is -2.52. The third kappa shape index (κ3) is 10.2. The quantitative estimate of drug-likeness (QED) is 0.275. The smallest absolute Gasteiger partial charge is 0.308 e. The summed E-state index contributed by atoms with van der Waals surface area (Å²) in [6, 6.07) is 0. The molecule has 0 radical (unpaired) electrons. The summed E-state index contributed by atoms with van der Waals surface area (Å²) in [7, 11) is -6.06. The van der Waals surface area contributed by atoms with E-state index in [-0.39, 0.29) is 5.04 Å². The van der Waals surface area contributed by atoms with Crippen molar-refractivity contribution in [3.05, 3.63) is 0 Å². The lowest BCUT2D eigenvalue weighted by atomic mass is 9.97. The molecule has 18 heteroatoms. The van der Waals surface area contributed by atoms with Crippen molar-refractivity contribution in [2.24, 2.45) is 0 Å². The third-order valence-corrected chi connectivity index (χ3v) is 17.9. The van der Waals surface area contributed by atoms with Gasteiger partial charge in [0.25, 0.3) is 50.0 Å². The molecule has 0 bridgehead atoms. The van der Waals surface area contributed by atoms with Gasteiger partial charge in [0.15, 0.2) is 0 Å². The van der Waals surface area contributed by atoms with Crippen molar-refractivity contribution >= 4 is 129 Å². The van der Waals surface area contributed by atoms with Crippen molar-refractivity contribution in [3.8, 4) is 0 Å². The van der Waals surface area contributed by atoms with E-state index in [0.717, 1.165) is 0 Å². The maximum atomic E-state index is 5.88. The van der Waals surface area contributed by atoms with E-state index in [1.54, 1.807) is 0 Å². The van der Waals surface area contributed by atoms with Crippen LogP contribution in [0.4, 0.5) is 0 Å². The lowest BCUT2D eigenvalue weighted by Gasteiger charge is -2.37. The van der Waals surface area contributed by atoms with Crippen molar-refractivity contribution in [1.29, 1.82) is 0 Å². The largest absolute Gasteiger partial charge is 0.425 e. The fraction of sp³-hybridized carbons (Fsp3) is 1.00. The van der Waals surface area contributed by atoms with Crippen LogP contribution in [0.15, 0.2) is 0 Å². The second kappa shape index (κ2) is 14.8. The summed E-state index contributed by atoms with van der Waals surface area (Å²) < 4.78 is 33.3. The molecule has 0 aromatic carbocycles. The molecule has 2 aliphatic rings. The van der Waals surface area contributed by atoms with Crippen LogP contribution in [0.1, 0.15) is 20.8 Å². The van der Waals surface area contributed by atoms with Gasteiger partial charge in [-0.2, -0.15) is 0 Å².